The highest BCUT2D eigenvalue weighted by Gasteiger charge is 2.11. The van der Waals surface area contributed by atoms with Crippen molar-refractivity contribution in [2.24, 2.45) is 0 Å². The lowest BCUT2D eigenvalue weighted by atomic mass is 10.1. The molecule has 0 bridgehead atoms. The zero-order valence-corrected chi connectivity index (χ0v) is 11.2. The van der Waals surface area contributed by atoms with Crippen molar-refractivity contribution in [2.75, 3.05) is 12.8 Å². The van der Waals surface area contributed by atoms with Crippen LogP contribution in [0.5, 0.6) is 11.5 Å². The summed E-state index contributed by atoms with van der Waals surface area (Å²) in [7, 11) is 1.47. The molecule has 21 heavy (non-hydrogen) atoms. The molecule has 0 fully saturated rings. The zero-order valence-electron chi connectivity index (χ0n) is 11.2. The molecule has 0 heterocycles. The molecule has 0 atom stereocenters. The van der Waals surface area contributed by atoms with Crippen LogP contribution in [0.1, 0.15) is 11.1 Å². The molecular formula is C15H12F2N2O2. The van der Waals surface area contributed by atoms with Gasteiger partial charge in [-0.05, 0) is 18.2 Å². The van der Waals surface area contributed by atoms with Crippen molar-refractivity contribution < 1.29 is 18.3 Å². The fourth-order valence-electron chi connectivity index (χ4n) is 1.77. The quantitative estimate of drug-likeness (QED) is 0.879. The van der Waals surface area contributed by atoms with Crippen molar-refractivity contribution in [1.29, 1.82) is 5.26 Å². The highest BCUT2D eigenvalue weighted by atomic mass is 19.1. The molecule has 0 unspecified atom stereocenters. The number of halogens is 2. The lowest BCUT2D eigenvalue weighted by Crippen LogP contribution is -2.02. The minimum atomic E-state index is -0.760. The van der Waals surface area contributed by atoms with E-state index in [4.69, 9.17) is 20.5 Å². The summed E-state index contributed by atoms with van der Waals surface area (Å²) in [5, 5.41) is 8.87. The van der Waals surface area contributed by atoms with Crippen LogP contribution in [0.3, 0.4) is 0 Å². The first-order valence-corrected chi connectivity index (χ1v) is 5.99. The molecule has 0 amide bonds. The van der Waals surface area contributed by atoms with Crippen LogP contribution in [-0.4, -0.2) is 7.11 Å². The summed E-state index contributed by atoms with van der Waals surface area (Å²) < 4.78 is 37.3. The Labute approximate surface area is 120 Å². The van der Waals surface area contributed by atoms with E-state index in [9.17, 15) is 8.78 Å². The van der Waals surface area contributed by atoms with Gasteiger partial charge in [0, 0.05) is 17.7 Å². The average molecular weight is 290 g/mol. The third kappa shape index (κ3) is 3.20. The molecule has 2 N–H and O–H groups in total. The molecule has 0 aliphatic heterocycles. The van der Waals surface area contributed by atoms with Crippen LogP contribution in [0.4, 0.5) is 14.5 Å². The number of nitrogens with two attached hydrogens (primary N) is 1. The van der Waals surface area contributed by atoms with E-state index in [1.807, 2.05) is 6.07 Å². The number of hydrogen-bond donors (Lipinski definition) is 1. The van der Waals surface area contributed by atoms with Gasteiger partial charge in [0.15, 0.2) is 11.6 Å². The minimum Gasteiger partial charge on any atom is -0.496 e. The molecule has 0 radical (unpaired) electrons. The SMILES string of the molecule is COc1ccc(C#N)cc1COc1cc(F)c(N)cc1F. The first kappa shape index (κ1) is 14.6. The van der Waals surface area contributed by atoms with Crippen molar-refractivity contribution in [3.05, 3.63) is 53.1 Å². The predicted octanol–water partition coefficient (Wildman–Crippen LogP) is 3.01. The zero-order chi connectivity index (χ0) is 15.4. The highest BCUT2D eigenvalue weighted by molar-refractivity contribution is 5.45. The Morgan fingerprint density at radius 1 is 1.14 bits per heavy atom. The van der Waals surface area contributed by atoms with E-state index >= 15 is 0 Å². The largest absolute Gasteiger partial charge is 0.496 e. The third-order valence-electron chi connectivity index (χ3n) is 2.84. The van der Waals surface area contributed by atoms with E-state index in [1.165, 1.54) is 7.11 Å². The Bertz CT molecular complexity index is 712. The van der Waals surface area contributed by atoms with Crippen LogP contribution in [0.15, 0.2) is 30.3 Å². The molecule has 108 valence electrons. The van der Waals surface area contributed by atoms with Crippen LogP contribution in [-0.2, 0) is 6.61 Å². The van der Waals surface area contributed by atoms with Crippen molar-refractivity contribution >= 4 is 5.69 Å². The van der Waals surface area contributed by atoms with Gasteiger partial charge >= 0.3 is 0 Å². The summed E-state index contributed by atoms with van der Waals surface area (Å²) in [6.07, 6.45) is 0. The fraction of sp³-hybridized carbons (Fsp3) is 0.133. The fourth-order valence-corrected chi connectivity index (χ4v) is 1.77. The lowest BCUT2D eigenvalue weighted by molar-refractivity contribution is 0.281. The van der Waals surface area contributed by atoms with Crippen molar-refractivity contribution in [3.63, 3.8) is 0 Å². The van der Waals surface area contributed by atoms with Gasteiger partial charge in [-0.25, -0.2) is 8.78 Å². The molecular weight excluding hydrogens is 278 g/mol. The summed E-state index contributed by atoms with van der Waals surface area (Å²) >= 11 is 0. The second-order valence-electron chi connectivity index (χ2n) is 4.23. The maximum absolute atomic E-state index is 13.6. The highest BCUT2D eigenvalue weighted by Crippen LogP contribution is 2.26. The van der Waals surface area contributed by atoms with Crippen molar-refractivity contribution in [2.45, 2.75) is 6.61 Å². The van der Waals surface area contributed by atoms with E-state index in [-0.39, 0.29) is 18.0 Å². The summed E-state index contributed by atoms with van der Waals surface area (Å²) in [5.41, 5.74) is 5.93. The number of nitriles is 1. The Kier molecular flexibility index (Phi) is 4.24. The number of nitrogen functional groups attached to an aromatic ring is 1. The minimum absolute atomic E-state index is 0.0705. The van der Waals surface area contributed by atoms with Crippen LogP contribution < -0.4 is 15.2 Å². The lowest BCUT2D eigenvalue weighted by Gasteiger charge is -2.11. The average Bonchev–Trinajstić information content (AvgIpc) is 2.49. The first-order valence-electron chi connectivity index (χ1n) is 5.99. The Morgan fingerprint density at radius 2 is 1.90 bits per heavy atom. The molecule has 0 saturated heterocycles. The van der Waals surface area contributed by atoms with Gasteiger partial charge in [0.25, 0.3) is 0 Å². The van der Waals surface area contributed by atoms with Gasteiger partial charge in [-0.3, -0.25) is 0 Å². The summed E-state index contributed by atoms with van der Waals surface area (Å²) in [6, 6.07) is 8.48. The number of hydrogen-bond acceptors (Lipinski definition) is 4. The van der Waals surface area contributed by atoms with E-state index < -0.39 is 11.6 Å². The molecule has 0 saturated carbocycles. The number of ether oxygens (including phenoxy) is 2. The number of rotatable bonds is 4. The van der Waals surface area contributed by atoms with Gasteiger partial charge in [0.1, 0.15) is 18.2 Å². The van der Waals surface area contributed by atoms with Gasteiger partial charge in [-0.1, -0.05) is 0 Å². The maximum Gasteiger partial charge on any atom is 0.167 e. The smallest absolute Gasteiger partial charge is 0.167 e. The summed E-state index contributed by atoms with van der Waals surface area (Å²) in [4.78, 5) is 0. The first-order chi connectivity index (χ1) is 10.0. The third-order valence-corrected chi connectivity index (χ3v) is 2.84. The molecule has 0 aromatic heterocycles. The Morgan fingerprint density at radius 3 is 2.57 bits per heavy atom. The van der Waals surface area contributed by atoms with E-state index in [0.717, 1.165) is 12.1 Å². The molecule has 6 heteroatoms. The van der Waals surface area contributed by atoms with E-state index in [0.29, 0.717) is 16.9 Å². The van der Waals surface area contributed by atoms with E-state index in [1.54, 1.807) is 18.2 Å². The van der Waals surface area contributed by atoms with Crippen LogP contribution in [0.2, 0.25) is 0 Å². The normalized spacial score (nSPS) is 10.0. The van der Waals surface area contributed by atoms with Crippen LogP contribution in [0, 0.1) is 23.0 Å². The summed E-state index contributed by atoms with van der Waals surface area (Å²) in [5.74, 6) is -1.29. The van der Waals surface area contributed by atoms with Crippen LogP contribution >= 0.6 is 0 Å². The monoisotopic (exact) mass is 290 g/mol. The summed E-state index contributed by atoms with van der Waals surface area (Å²) in [6.45, 7) is -0.0705. The van der Waals surface area contributed by atoms with Gasteiger partial charge in [-0.15, -0.1) is 0 Å². The standard InChI is InChI=1S/C15H12F2N2O2/c1-20-14-3-2-9(7-18)4-10(14)8-21-15-6-11(16)13(19)5-12(15)17/h2-6H,8,19H2,1H3. The number of anilines is 1. The molecule has 2 aromatic carbocycles. The second kappa shape index (κ2) is 6.09. The van der Waals surface area contributed by atoms with Crippen molar-refractivity contribution in [1.82, 2.24) is 0 Å². The molecule has 2 aromatic rings. The van der Waals surface area contributed by atoms with Crippen LogP contribution in [0.25, 0.3) is 0 Å². The molecule has 0 spiro atoms. The van der Waals surface area contributed by atoms with E-state index in [2.05, 4.69) is 0 Å². The second-order valence-corrected chi connectivity index (χ2v) is 4.23. The van der Waals surface area contributed by atoms with Gasteiger partial charge in [-0.2, -0.15) is 5.26 Å². The molecule has 4 nitrogen and oxygen atoms in total. The Balaban J connectivity index is 2.24. The Hall–Kier alpha value is -2.81. The van der Waals surface area contributed by atoms with Crippen molar-refractivity contribution in [3.8, 4) is 17.6 Å². The number of methoxy groups -OCH3 is 1. The topological polar surface area (TPSA) is 68.3 Å². The molecule has 0 aliphatic carbocycles. The molecule has 0 aliphatic rings. The molecule has 2 rings (SSSR count). The maximum atomic E-state index is 13.6. The van der Waals surface area contributed by atoms with Gasteiger partial charge in [0.2, 0.25) is 0 Å². The number of benzene rings is 2. The predicted molar refractivity (Wildman–Crippen MR) is 72.8 cm³/mol. The number of nitrogens with zero attached hydrogens (tertiary/aromatic N) is 1. The van der Waals surface area contributed by atoms with Gasteiger partial charge < -0.3 is 15.2 Å². The van der Waals surface area contributed by atoms with Gasteiger partial charge in [0.05, 0.1) is 24.4 Å².